The number of hydrogen-bond acceptors (Lipinski definition) is 2. The summed E-state index contributed by atoms with van der Waals surface area (Å²) in [6, 6.07) is 6.76. The molecule has 0 unspecified atom stereocenters. The molecule has 100 valence electrons. The largest absolute Gasteiger partial charge is 0.416 e. The smallest absolute Gasteiger partial charge is 0.233 e. The number of benzene rings is 1. The fourth-order valence-corrected chi connectivity index (χ4v) is 1.75. The number of aromatic nitrogens is 2. The Bertz CT molecular complexity index is 574. The summed E-state index contributed by atoms with van der Waals surface area (Å²) in [5.74, 6) is 0.463. The first-order valence-corrected chi connectivity index (χ1v) is 5.92. The molecule has 0 aliphatic heterocycles. The second-order valence-electron chi connectivity index (χ2n) is 4.25. The Labute approximate surface area is 109 Å². The van der Waals surface area contributed by atoms with Crippen molar-refractivity contribution in [1.82, 2.24) is 9.97 Å². The zero-order chi connectivity index (χ0) is 14.0. The van der Waals surface area contributed by atoms with Crippen LogP contribution < -0.4 is 0 Å². The van der Waals surface area contributed by atoms with Crippen LogP contribution in [0.3, 0.4) is 0 Å². The van der Waals surface area contributed by atoms with E-state index < -0.39 is 11.7 Å². The molecule has 0 bridgehead atoms. The van der Waals surface area contributed by atoms with Crippen molar-refractivity contribution in [3.8, 4) is 11.4 Å². The molecule has 2 nitrogen and oxygen atoms in total. The number of alkyl halides is 3. The lowest BCUT2D eigenvalue weighted by Crippen LogP contribution is -2.04. The summed E-state index contributed by atoms with van der Waals surface area (Å²) >= 11 is 0. The standard InChI is InChI=1S/C14H13F3N2/c1-3-12-8-9(2)18-13(19-12)10-4-6-11(7-5-10)14(15,16)17/h4-8H,3H2,1-2H3. The fraction of sp³-hybridized carbons (Fsp3) is 0.286. The molecule has 2 rings (SSSR count). The van der Waals surface area contributed by atoms with Gasteiger partial charge in [0.1, 0.15) is 0 Å². The van der Waals surface area contributed by atoms with Crippen molar-refractivity contribution in [2.75, 3.05) is 0 Å². The normalized spacial score (nSPS) is 11.6. The maximum atomic E-state index is 12.5. The van der Waals surface area contributed by atoms with Crippen molar-refractivity contribution in [1.29, 1.82) is 0 Å². The summed E-state index contributed by atoms with van der Waals surface area (Å²) in [6.45, 7) is 3.81. The lowest BCUT2D eigenvalue weighted by atomic mass is 10.1. The van der Waals surface area contributed by atoms with Crippen LogP contribution in [0.5, 0.6) is 0 Å². The third-order valence-corrected chi connectivity index (χ3v) is 2.74. The average Bonchev–Trinajstić information content (AvgIpc) is 2.37. The number of aryl methyl sites for hydroxylation is 2. The first-order valence-electron chi connectivity index (χ1n) is 5.92. The van der Waals surface area contributed by atoms with Gasteiger partial charge in [-0.25, -0.2) is 9.97 Å². The number of nitrogens with zero attached hydrogens (tertiary/aromatic N) is 2. The maximum Gasteiger partial charge on any atom is 0.416 e. The summed E-state index contributed by atoms with van der Waals surface area (Å²) in [5.41, 5.74) is 1.61. The van der Waals surface area contributed by atoms with Crippen molar-refractivity contribution < 1.29 is 13.2 Å². The van der Waals surface area contributed by atoms with Gasteiger partial charge in [0, 0.05) is 17.0 Å². The Balaban J connectivity index is 2.40. The maximum absolute atomic E-state index is 12.5. The number of hydrogen-bond donors (Lipinski definition) is 0. The van der Waals surface area contributed by atoms with Gasteiger partial charge in [-0.1, -0.05) is 19.1 Å². The van der Waals surface area contributed by atoms with E-state index in [4.69, 9.17) is 0 Å². The van der Waals surface area contributed by atoms with E-state index in [-0.39, 0.29) is 0 Å². The van der Waals surface area contributed by atoms with Gasteiger partial charge in [-0.05, 0) is 31.5 Å². The highest BCUT2D eigenvalue weighted by Gasteiger charge is 2.30. The van der Waals surface area contributed by atoms with Crippen LogP contribution in [-0.2, 0) is 12.6 Å². The number of halogens is 3. The molecule has 0 fully saturated rings. The molecule has 0 saturated heterocycles. The van der Waals surface area contributed by atoms with E-state index in [1.54, 1.807) is 0 Å². The molecule has 1 heterocycles. The van der Waals surface area contributed by atoms with Crippen molar-refractivity contribution in [2.24, 2.45) is 0 Å². The third-order valence-electron chi connectivity index (χ3n) is 2.74. The van der Waals surface area contributed by atoms with E-state index in [9.17, 15) is 13.2 Å². The van der Waals surface area contributed by atoms with Crippen LogP contribution in [0.15, 0.2) is 30.3 Å². The van der Waals surface area contributed by atoms with Crippen molar-refractivity contribution in [3.05, 3.63) is 47.3 Å². The van der Waals surface area contributed by atoms with Gasteiger partial charge in [0.2, 0.25) is 0 Å². The first-order chi connectivity index (χ1) is 8.90. The Morgan fingerprint density at radius 3 is 2.21 bits per heavy atom. The molecule has 0 spiro atoms. The monoisotopic (exact) mass is 266 g/mol. The van der Waals surface area contributed by atoms with Crippen molar-refractivity contribution in [2.45, 2.75) is 26.4 Å². The summed E-state index contributed by atoms with van der Waals surface area (Å²) in [4.78, 5) is 8.57. The highest BCUT2D eigenvalue weighted by Crippen LogP contribution is 2.30. The highest BCUT2D eigenvalue weighted by atomic mass is 19.4. The molecular formula is C14H13F3N2. The first kappa shape index (κ1) is 13.5. The minimum absolute atomic E-state index is 0.463. The molecule has 0 radical (unpaired) electrons. The van der Waals surface area contributed by atoms with Crippen LogP contribution in [0.2, 0.25) is 0 Å². The van der Waals surface area contributed by atoms with Crippen LogP contribution in [0.25, 0.3) is 11.4 Å². The molecule has 0 saturated carbocycles. The Hall–Kier alpha value is -1.91. The topological polar surface area (TPSA) is 25.8 Å². The molecular weight excluding hydrogens is 253 g/mol. The van der Waals surface area contributed by atoms with Crippen LogP contribution in [0, 0.1) is 6.92 Å². The lowest BCUT2D eigenvalue weighted by molar-refractivity contribution is -0.137. The average molecular weight is 266 g/mol. The summed E-state index contributed by atoms with van der Waals surface area (Å²) in [7, 11) is 0. The van der Waals surface area contributed by atoms with Crippen LogP contribution in [0.4, 0.5) is 13.2 Å². The second-order valence-corrected chi connectivity index (χ2v) is 4.25. The molecule has 1 aromatic carbocycles. The van der Waals surface area contributed by atoms with Gasteiger partial charge in [-0.3, -0.25) is 0 Å². The number of rotatable bonds is 2. The summed E-state index contributed by atoms with van der Waals surface area (Å²) in [5, 5.41) is 0. The van der Waals surface area contributed by atoms with Gasteiger partial charge in [0.05, 0.1) is 5.56 Å². The zero-order valence-corrected chi connectivity index (χ0v) is 10.6. The molecule has 0 amide bonds. The second kappa shape index (κ2) is 4.99. The summed E-state index contributed by atoms with van der Waals surface area (Å²) in [6.07, 6.45) is -3.56. The van der Waals surface area contributed by atoms with E-state index >= 15 is 0 Å². The SMILES string of the molecule is CCc1cc(C)nc(-c2ccc(C(F)(F)F)cc2)n1. The molecule has 0 aliphatic carbocycles. The van der Waals surface area contributed by atoms with Crippen LogP contribution in [0.1, 0.15) is 23.9 Å². The Morgan fingerprint density at radius 1 is 1.05 bits per heavy atom. The zero-order valence-electron chi connectivity index (χ0n) is 10.6. The highest BCUT2D eigenvalue weighted by molar-refractivity contribution is 5.55. The minimum Gasteiger partial charge on any atom is -0.233 e. The van der Waals surface area contributed by atoms with Gasteiger partial charge >= 0.3 is 6.18 Å². The van der Waals surface area contributed by atoms with E-state index in [1.165, 1.54) is 12.1 Å². The Morgan fingerprint density at radius 2 is 1.68 bits per heavy atom. The van der Waals surface area contributed by atoms with E-state index in [2.05, 4.69) is 9.97 Å². The predicted molar refractivity (Wildman–Crippen MR) is 66.6 cm³/mol. The van der Waals surface area contributed by atoms with Crippen LogP contribution in [-0.4, -0.2) is 9.97 Å². The lowest BCUT2D eigenvalue weighted by Gasteiger charge is -2.08. The van der Waals surface area contributed by atoms with Gasteiger partial charge in [-0.2, -0.15) is 13.2 Å². The molecule has 0 N–H and O–H groups in total. The molecule has 5 heteroatoms. The van der Waals surface area contributed by atoms with Gasteiger partial charge in [0.25, 0.3) is 0 Å². The molecule has 0 aliphatic rings. The molecule has 19 heavy (non-hydrogen) atoms. The van der Waals surface area contributed by atoms with E-state index in [0.29, 0.717) is 11.4 Å². The molecule has 0 atom stereocenters. The van der Waals surface area contributed by atoms with Gasteiger partial charge in [0.15, 0.2) is 5.82 Å². The van der Waals surface area contributed by atoms with Gasteiger partial charge < -0.3 is 0 Å². The third kappa shape index (κ3) is 3.10. The van der Waals surface area contributed by atoms with Gasteiger partial charge in [-0.15, -0.1) is 0 Å². The van der Waals surface area contributed by atoms with Crippen molar-refractivity contribution >= 4 is 0 Å². The predicted octanol–water partition coefficient (Wildman–Crippen LogP) is 4.03. The minimum atomic E-state index is -4.32. The summed E-state index contributed by atoms with van der Waals surface area (Å²) < 4.78 is 37.4. The van der Waals surface area contributed by atoms with E-state index in [1.807, 2.05) is 19.9 Å². The quantitative estimate of drug-likeness (QED) is 0.820. The molecule has 2 aromatic rings. The molecule has 1 aromatic heterocycles. The fourth-order valence-electron chi connectivity index (χ4n) is 1.75. The van der Waals surface area contributed by atoms with Crippen molar-refractivity contribution in [3.63, 3.8) is 0 Å². The van der Waals surface area contributed by atoms with Crippen LogP contribution >= 0.6 is 0 Å². The van der Waals surface area contributed by atoms with E-state index in [0.717, 1.165) is 29.9 Å². The Kier molecular flexibility index (Phi) is 3.55.